The second-order valence-corrected chi connectivity index (χ2v) is 8.14. The zero-order valence-corrected chi connectivity index (χ0v) is 17.9. The van der Waals surface area contributed by atoms with Gasteiger partial charge in [0.05, 0.1) is 6.42 Å². The molecule has 2 rings (SSSR count). The lowest BCUT2D eigenvalue weighted by atomic mass is 10.1. The van der Waals surface area contributed by atoms with E-state index in [4.69, 9.17) is 23.2 Å². The average Bonchev–Trinajstić information content (AvgIpc) is 2.65. The van der Waals surface area contributed by atoms with Crippen molar-refractivity contribution in [2.24, 2.45) is 5.92 Å². The summed E-state index contributed by atoms with van der Waals surface area (Å²) in [7, 11) is 0. The van der Waals surface area contributed by atoms with Crippen LogP contribution in [-0.2, 0) is 22.6 Å². The van der Waals surface area contributed by atoms with Gasteiger partial charge in [0.15, 0.2) is 0 Å². The van der Waals surface area contributed by atoms with Crippen LogP contribution in [-0.4, -0.2) is 29.3 Å². The van der Waals surface area contributed by atoms with Crippen LogP contribution in [0, 0.1) is 5.92 Å². The first-order valence-electron chi connectivity index (χ1n) is 9.32. The molecule has 1 atom stereocenters. The zero-order valence-electron chi connectivity index (χ0n) is 16.4. The predicted octanol–water partition coefficient (Wildman–Crippen LogP) is 4.73. The van der Waals surface area contributed by atoms with Crippen LogP contribution < -0.4 is 5.32 Å². The number of rotatable bonds is 8. The maximum absolute atomic E-state index is 13.1. The molecule has 0 aliphatic carbocycles. The van der Waals surface area contributed by atoms with E-state index in [0.29, 0.717) is 29.1 Å². The van der Waals surface area contributed by atoms with Crippen molar-refractivity contribution in [3.63, 3.8) is 0 Å². The van der Waals surface area contributed by atoms with Gasteiger partial charge in [0.25, 0.3) is 0 Å². The Kier molecular flexibility index (Phi) is 8.34. The van der Waals surface area contributed by atoms with Crippen LogP contribution in [0.5, 0.6) is 0 Å². The van der Waals surface area contributed by atoms with Crippen molar-refractivity contribution in [1.29, 1.82) is 0 Å². The van der Waals surface area contributed by atoms with E-state index in [2.05, 4.69) is 5.32 Å². The van der Waals surface area contributed by atoms with Crippen molar-refractivity contribution in [1.82, 2.24) is 10.2 Å². The minimum atomic E-state index is -0.600. The van der Waals surface area contributed by atoms with E-state index in [0.717, 1.165) is 11.1 Å². The summed E-state index contributed by atoms with van der Waals surface area (Å²) >= 11 is 12.0. The highest BCUT2D eigenvalue weighted by atomic mass is 35.5. The number of hydrogen-bond acceptors (Lipinski definition) is 2. The van der Waals surface area contributed by atoms with Gasteiger partial charge >= 0.3 is 0 Å². The fraction of sp³-hybridized carbons (Fsp3) is 0.364. The minimum absolute atomic E-state index is 0.130. The molecule has 0 radical (unpaired) electrons. The highest BCUT2D eigenvalue weighted by molar-refractivity contribution is 6.30. The Labute approximate surface area is 176 Å². The van der Waals surface area contributed by atoms with Crippen LogP contribution >= 0.6 is 23.2 Å². The Morgan fingerprint density at radius 2 is 1.64 bits per heavy atom. The van der Waals surface area contributed by atoms with Gasteiger partial charge in [0.2, 0.25) is 11.8 Å². The summed E-state index contributed by atoms with van der Waals surface area (Å²) in [4.78, 5) is 27.2. The lowest BCUT2D eigenvalue weighted by Crippen LogP contribution is -2.48. The lowest BCUT2D eigenvalue weighted by molar-refractivity contribution is -0.140. The van der Waals surface area contributed by atoms with Gasteiger partial charge in [0.1, 0.15) is 6.04 Å². The van der Waals surface area contributed by atoms with Gasteiger partial charge in [-0.15, -0.1) is 0 Å². The minimum Gasteiger partial charge on any atom is -0.354 e. The molecule has 0 aliphatic heterocycles. The molecule has 0 aliphatic rings. The van der Waals surface area contributed by atoms with Gasteiger partial charge in [-0.3, -0.25) is 9.59 Å². The molecule has 2 amide bonds. The van der Waals surface area contributed by atoms with E-state index in [1.165, 1.54) is 0 Å². The van der Waals surface area contributed by atoms with Crippen molar-refractivity contribution in [2.45, 2.75) is 39.8 Å². The largest absolute Gasteiger partial charge is 0.354 e. The number of benzene rings is 2. The number of carbonyl (C=O) groups is 2. The number of nitrogens with zero attached hydrogens (tertiary/aromatic N) is 1. The normalized spacial score (nSPS) is 11.9. The van der Waals surface area contributed by atoms with Crippen molar-refractivity contribution in [3.05, 3.63) is 69.7 Å². The Balaban J connectivity index is 2.19. The fourth-order valence-electron chi connectivity index (χ4n) is 2.75. The van der Waals surface area contributed by atoms with Crippen LogP contribution in [0.25, 0.3) is 0 Å². The molecule has 0 bridgehead atoms. The van der Waals surface area contributed by atoms with Crippen LogP contribution in [0.4, 0.5) is 0 Å². The lowest BCUT2D eigenvalue weighted by Gasteiger charge is -2.29. The summed E-state index contributed by atoms with van der Waals surface area (Å²) in [6.07, 6.45) is 0.194. The summed E-state index contributed by atoms with van der Waals surface area (Å²) in [6.45, 7) is 6.68. The van der Waals surface area contributed by atoms with Crippen LogP contribution in [0.3, 0.4) is 0 Å². The zero-order chi connectivity index (χ0) is 20.7. The first-order chi connectivity index (χ1) is 13.3. The maximum atomic E-state index is 13.1. The first kappa shape index (κ1) is 22.3. The maximum Gasteiger partial charge on any atom is 0.242 e. The highest BCUT2D eigenvalue weighted by Gasteiger charge is 2.26. The molecule has 28 heavy (non-hydrogen) atoms. The summed E-state index contributed by atoms with van der Waals surface area (Å²) in [5.74, 6) is 0.0389. The predicted molar refractivity (Wildman–Crippen MR) is 114 cm³/mol. The van der Waals surface area contributed by atoms with E-state index in [1.807, 2.05) is 44.2 Å². The Bertz CT molecular complexity index is 806. The third-order valence-corrected chi connectivity index (χ3v) is 4.85. The molecule has 1 N–H and O–H groups in total. The molecule has 1 unspecified atom stereocenters. The molecule has 0 spiro atoms. The Hall–Kier alpha value is -2.04. The molecule has 2 aromatic rings. The molecular weight excluding hydrogens is 395 g/mol. The van der Waals surface area contributed by atoms with E-state index < -0.39 is 6.04 Å². The van der Waals surface area contributed by atoms with Gasteiger partial charge in [-0.05, 0) is 48.2 Å². The van der Waals surface area contributed by atoms with E-state index in [9.17, 15) is 9.59 Å². The van der Waals surface area contributed by atoms with Gasteiger partial charge < -0.3 is 10.2 Å². The van der Waals surface area contributed by atoms with Crippen LogP contribution in [0.1, 0.15) is 31.9 Å². The van der Waals surface area contributed by atoms with Crippen LogP contribution in [0.15, 0.2) is 48.5 Å². The number of halogens is 2. The second-order valence-electron chi connectivity index (χ2n) is 7.27. The monoisotopic (exact) mass is 420 g/mol. The molecule has 0 saturated heterocycles. The number of amides is 2. The number of nitrogens with one attached hydrogen (secondary N) is 1. The smallest absolute Gasteiger partial charge is 0.242 e. The average molecular weight is 421 g/mol. The second kappa shape index (κ2) is 10.5. The molecule has 0 heterocycles. The standard InChI is InChI=1S/C22H26Cl2N2O2/c1-15(2)13-25-22(28)16(3)26(14-18-5-4-6-20(24)11-18)21(27)12-17-7-9-19(23)10-8-17/h4-11,15-16H,12-14H2,1-3H3,(H,25,28). The molecule has 0 aromatic heterocycles. The number of carbonyl (C=O) groups excluding carboxylic acids is 2. The van der Waals surface area contributed by atoms with Crippen LogP contribution in [0.2, 0.25) is 10.0 Å². The van der Waals surface area contributed by atoms with Crippen molar-refractivity contribution in [3.8, 4) is 0 Å². The molecule has 150 valence electrons. The number of hydrogen-bond donors (Lipinski definition) is 1. The molecular formula is C22H26Cl2N2O2. The van der Waals surface area contributed by atoms with E-state index in [1.54, 1.807) is 30.0 Å². The van der Waals surface area contributed by atoms with Gasteiger partial charge in [-0.25, -0.2) is 0 Å². The Morgan fingerprint density at radius 3 is 2.25 bits per heavy atom. The Morgan fingerprint density at radius 1 is 0.964 bits per heavy atom. The summed E-state index contributed by atoms with van der Waals surface area (Å²) in [6, 6.07) is 13.9. The third kappa shape index (κ3) is 6.84. The summed E-state index contributed by atoms with van der Waals surface area (Å²) in [5.41, 5.74) is 1.72. The van der Waals surface area contributed by atoms with Crippen molar-refractivity contribution < 1.29 is 9.59 Å². The van der Waals surface area contributed by atoms with Gasteiger partial charge in [-0.1, -0.05) is 61.3 Å². The van der Waals surface area contributed by atoms with E-state index in [-0.39, 0.29) is 18.2 Å². The highest BCUT2D eigenvalue weighted by Crippen LogP contribution is 2.17. The molecule has 4 nitrogen and oxygen atoms in total. The van der Waals surface area contributed by atoms with E-state index >= 15 is 0 Å². The molecule has 0 fully saturated rings. The van der Waals surface area contributed by atoms with Gasteiger partial charge in [0, 0.05) is 23.1 Å². The summed E-state index contributed by atoms with van der Waals surface area (Å²) in [5, 5.41) is 4.13. The SMILES string of the molecule is CC(C)CNC(=O)C(C)N(Cc1cccc(Cl)c1)C(=O)Cc1ccc(Cl)cc1. The molecule has 2 aromatic carbocycles. The third-order valence-electron chi connectivity index (χ3n) is 4.36. The van der Waals surface area contributed by atoms with Crippen molar-refractivity contribution >= 4 is 35.0 Å². The summed E-state index contributed by atoms with van der Waals surface area (Å²) < 4.78 is 0. The topological polar surface area (TPSA) is 49.4 Å². The quantitative estimate of drug-likeness (QED) is 0.670. The molecule has 6 heteroatoms. The van der Waals surface area contributed by atoms with Crippen molar-refractivity contribution in [2.75, 3.05) is 6.54 Å². The fourth-order valence-corrected chi connectivity index (χ4v) is 3.08. The molecule has 0 saturated carbocycles. The van der Waals surface area contributed by atoms with Gasteiger partial charge in [-0.2, -0.15) is 0 Å². The first-order valence-corrected chi connectivity index (χ1v) is 10.1.